The van der Waals surface area contributed by atoms with E-state index in [-0.39, 0.29) is 0 Å². The van der Waals surface area contributed by atoms with Gasteiger partial charge in [0.25, 0.3) is 0 Å². The van der Waals surface area contributed by atoms with E-state index in [0.717, 1.165) is 11.4 Å². The molecule has 0 bridgehead atoms. The highest BCUT2D eigenvalue weighted by Crippen LogP contribution is 2.16. The Morgan fingerprint density at radius 2 is 2.11 bits per heavy atom. The molecule has 2 N–H and O–H groups in total. The largest absolute Gasteiger partial charge is 0.467 e. The van der Waals surface area contributed by atoms with Gasteiger partial charge in [0.05, 0.1) is 12.8 Å². The predicted octanol–water partition coefficient (Wildman–Crippen LogP) is 3.38. The van der Waals surface area contributed by atoms with Crippen LogP contribution in [0.1, 0.15) is 16.9 Å². The van der Waals surface area contributed by atoms with Gasteiger partial charge in [-0.05, 0) is 55.4 Å². The molecule has 0 amide bonds. The average molecular weight is 260 g/mol. The Bertz CT molecular complexity index is 535. The Kier molecular flexibility index (Phi) is 3.99. The first-order valence-electron chi connectivity index (χ1n) is 5.79. The van der Waals surface area contributed by atoms with Crippen molar-refractivity contribution in [1.29, 1.82) is 0 Å². The molecule has 2 rings (SSSR count). The molecule has 0 unspecified atom stereocenters. The summed E-state index contributed by atoms with van der Waals surface area (Å²) in [5.74, 6) is 0.861. The second kappa shape index (κ2) is 5.69. The summed E-state index contributed by atoms with van der Waals surface area (Å²) in [5.41, 5.74) is 3.41. The van der Waals surface area contributed by atoms with Crippen molar-refractivity contribution in [2.75, 3.05) is 5.32 Å². The fourth-order valence-electron chi connectivity index (χ4n) is 1.62. The molecule has 1 heterocycles. The minimum Gasteiger partial charge on any atom is -0.467 e. The van der Waals surface area contributed by atoms with E-state index in [1.54, 1.807) is 6.26 Å². The summed E-state index contributed by atoms with van der Waals surface area (Å²) >= 11 is 5.25. The van der Waals surface area contributed by atoms with Crippen molar-refractivity contribution in [3.05, 3.63) is 53.5 Å². The Hall–Kier alpha value is -1.81. The lowest BCUT2D eigenvalue weighted by Crippen LogP contribution is -2.28. The first-order chi connectivity index (χ1) is 8.65. The molecular formula is C14H16N2OS. The van der Waals surface area contributed by atoms with Gasteiger partial charge in [-0.2, -0.15) is 0 Å². The Labute approximate surface area is 112 Å². The van der Waals surface area contributed by atoms with E-state index in [2.05, 4.69) is 42.7 Å². The molecule has 0 aliphatic rings. The molecule has 0 fully saturated rings. The van der Waals surface area contributed by atoms with Gasteiger partial charge in [-0.3, -0.25) is 0 Å². The van der Waals surface area contributed by atoms with Gasteiger partial charge >= 0.3 is 0 Å². The van der Waals surface area contributed by atoms with Crippen LogP contribution in [0.3, 0.4) is 0 Å². The highest BCUT2D eigenvalue weighted by molar-refractivity contribution is 7.80. The van der Waals surface area contributed by atoms with E-state index in [4.69, 9.17) is 16.6 Å². The minimum absolute atomic E-state index is 0.587. The van der Waals surface area contributed by atoms with Crippen molar-refractivity contribution in [1.82, 2.24) is 5.32 Å². The molecule has 0 saturated carbocycles. The van der Waals surface area contributed by atoms with Gasteiger partial charge in [-0.15, -0.1) is 0 Å². The first-order valence-corrected chi connectivity index (χ1v) is 6.20. The van der Waals surface area contributed by atoms with Gasteiger partial charge in [-0.25, -0.2) is 0 Å². The summed E-state index contributed by atoms with van der Waals surface area (Å²) in [6, 6.07) is 10.0. The van der Waals surface area contributed by atoms with Crippen LogP contribution >= 0.6 is 12.2 Å². The normalized spacial score (nSPS) is 10.1. The molecule has 0 radical (unpaired) electrons. The summed E-state index contributed by atoms with van der Waals surface area (Å²) in [7, 11) is 0. The zero-order valence-electron chi connectivity index (χ0n) is 10.5. The van der Waals surface area contributed by atoms with Crippen molar-refractivity contribution in [2.24, 2.45) is 0 Å². The number of nitrogens with one attached hydrogen (secondary N) is 2. The van der Waals surface area contributed by atoms with Crippen LogP contribution in [-0.2, 0) is 6.54 Å². The van der Waals surface area contributed by atoms with Crippen molar-refractivity contribution in [2.45, 2.75) is 20.4 Å². The number of thiocarbonyl (C=S) groups is 1. The van der Waals surface area contributed by atoms with E-state index in [9.17, 15) is 0 Å². The quantitative estimate of drug-likeness (QED) is 0.830. The van der Waals surface area contributed by atoms with Crippen molar-refractivity contribution in [3.8, 4) is 0 Å². The standard InChI is InChI=1S/C14H16N2OS/c1-10-5-6-11(2)13(8-10)16-14(18)15-9-12-4-3-7-17-12/h3-8H,9H2,1-2H3,(H2,15,16,18). The summed E-state index contributed by atoms with van der Waals surface area (Å²) < 4.78 is 5.23. The zero-order valence-corrected chi connectivity index (χ0v) is 11.3. The molecule has 0 aliphatic carbocycles. The molecule has 1 aromatic heterocycles. The lowest BCUT2D eigenvalue weighted by atomic mass is 10.1. The SMILES string of the molecule is Cc1ccc(C)c(NC(=S)NCc2ccco2)c1. The van der Waals surface area contributed by atoms with Crippen LogP contribution in [0, 0.1) is 13.8 Å². The van der Waals surface area contributed by atoms with Crippen LogP contribution < -0.4 is 10.6 Å². The Morgan fingerprint density at radius 1 is 1.28 bits per heavy atom. The molecule has 0 atom stereocenters. The Balaban J connectivity index is 1.92. The molecule has 3 nitrogen and oxygen atoms in total. The third-order valence-electron chi connectivity index (χ3n) is 2.64. The smallest absolute Gasteiger partial charge is 0.171 e. The maximum Gasteiger partial charge on any atom is 0.171 e. The highest BCUT2D eigenvalue weighted by Gasteiger charge is 2.02. The van der Waals surface area contributed by atoms with E-state index >= 15 is 0 Å². The zero-order chi connectivity index (χ0) is 13.0. The third kappa shape index (κ3) is 3.34. The molecular weight excluding hydrogens is 244 g/mol. The molecule has 0 saturated heterocycles. The van der Waals surface area contributed by atoms with Gasteiger partial charge in [0.15, 0.2) is 5.11 Å². The van der Waals surface area contributed by atoms with Crippen molar-refractivity contribution < 1.29 is 4.42 Å². The van der Waals surface area contributed by atoms with E-state index in [0.29, 0.717) is 11.7 Å². The van der Waals surface area contributed by atoms with Gasteiger partial charge in [0.1, 0.15) is 5.76 Å². The number of hydrogen-bond donors (Lipinski definition) is 2. The average Bonchev–Trinajstić information content (AvgIpc) is 2.84. The number of aryl methyl sites for hydroxylation is 2. The predicted molar refractivity (Wildman–Crippen MR) is 77.7 cm³/mol. The summed E-state index contributed by atoms with van der Waals surface area (Å²) in [4.78, 5) is 0. The van der Waals surface area contributed by atoms with Crippen LogP contribution in [0.4, 0.5) is 5.69 Å². The molecule has 4 heteroatoms. The number of furan rings is 1. The molecule has 2 aromatic rings. The molecule has 18 heavy (non-hydrogen) atoms. The van der Waals surface area contributed by atoms with Gasteiger partial charge < -0.3 is 15.1 Å². The lowest BCUT2D eigenvalue weighted by molar-refractivity contribution is 0.503. The van der Waals surface area contributed by atoms with Gasteiger partial charge in [0, 0.05) is 5.69 Å². The monoisotopic (exact) mass is 260 g/mol. The fraction of sp³-hybridized carbons (Fsp3) is 0.214. The molecule has 0 spiro atoms. The van der Waals surface area contributed by atoms with Crippen LogP contribution in [0.2, 0.25) is 0 Å². The molecule has 1 aromatic carbocycles. The van der Waals surface area contributed by atoms with Crippen LogP contribution in [0.5, 0.6) is 0 Å². The third-order valence-corrected chi connectivity index (χ3v) is 2.89. The van der Waals surface area contributed by atoms with Gasteiger partial charge in [-0.1, -0.05) is 12.1 Å². The maximum atomic E-state index is 5.25. The lowest BCUT2D eigenvalue weighted by Gasteiger charge is -2.12. The van der Waals surface area contributed by atoms with Crippen molar-refractivity contribution >= 4 is 23.0 Å². The minimum atomic E-state index is 0.587. The summed E-state index contributed by atoms with van der Waals surface area (Å²) in [6.45, 7) is 4.70. The second-order valence-electron chi connectivity index (χ2n) is 4.21. The Morgan fingerprint density at radius 3 is 2.83 bits per heavy atom. The molecule has 94 valence electrons. The second-order valence-corrected chi connectivity index (χ2v) is 4.61. The summed E-state index contributed by atoms with van der Waals surface area (Å²) in [6.07, 6.45) is 1.65. The van der Waals surface area contributed by atoms with Crippen LogP contribution in [0.25, 0.3) is 0 Å². The number of benzene rings is 1. The van der Waals surface area contributed by atoms with E-state index in [1.807, 2.05) is 12.1 Å². The first kappa shape index (κ1) is 12.6. The van der Waals surface area contributed by atoms with E-state index < -0.39 is 0 Å². The van der Waals surface area contributed by atoms with Crippen molar-refractivity contribution in [3.63, 3.8) is 0 Å². The highest BCUT2D eigenvalue weighted by atomic mass is 32.1. The summed E-state index contributed by atoms with van der Waals surface area (Å²) in [5, 5.41) is 6.90. The van der Waals surface area contributed by atoms with E-state index in [1.165, 1.54) is 11.1 Å². The number of rotatable bonds is 3. The molecule has 0 aliphatic heterocycles. The topological polar surface area (TPSA) is 37.2 Å². The number of hydrogen-bond acceptors (Lipinski definition) is 2. The fourth-order valence-corrected chi connectivity index (χ4v) is 1.80. The van der Waals surface area contributed by atoms with Crippen LogP contribution in [0.15, 0.2) is 41.0 Å². The van der Waals surface area contributed by atoms with Gasteiger partial charge in [0.2, 0.25) is 0 Å². The number of anilines is 1. The van der Waals surface area contributed by atoms with Crippen LogP contribution in [-0.4, -0.2) is 5.11 Å². The maximum absolute atomic E-state index is 5.25.